The largest absolute Gasteiger partial charge is 0.318 e. The third kappa shape index (κ3) is 2.57. The lowest BCUT2D eigenvalue weighted by Crippen LogP contribution is -2.13. The molecule has 1 atom stereocenters. The topological polar surface area (TPSA) is 85.4 Å². The molecule has 0 bridgehead atoms. The summed E-state index contributed by atoms with van der Waals surface area (Å²) in [5.41, 5.74) is 6.82. The molecule has 0 fully saturated rings. The van der Waals surface area contributed by atoms with E-state index in [0.29, 0.717) is 18.2 Å². The molecule has 3 aromatic rings. The summed E-state index contributed by atoms with van der Waals surface area (Å²) in [5, 5.41) is 11.0. The second kappa shape index (κ2) is 5.22. The number of aromatic nitrogens is 5. The molecule has 0 saturated carbocycles. The molecule has 0 radical (unpaired) electrons. The minimum Gasteiger partial charge on any atom is -0.318 e. The standard InChI is InChI=1S/C13H13FN6/c14-10-4-2-9(3-5-10)12(15)13-17-11(18-19-13)8-20-7-1-6-16-20/h1-7,12H,8,15H2,(H,17,18,19)/t12-/m1/s1. The summed E-state index contributed by atoms with van der Waals surface area (Å²) < 4.78 is 14.6. The number of aromatic amines is 1. The molecule has 0 aliphatic heterocycles. The maximum absolute atomic E-state index is 12.9. The summed E-state index contributed by atoms with van der Waals surface area (Å²) in [6.45, 7) is 0.496. The van der Waals surface area contributed by atoms with Crippen LogP contribution in [0.3, 0.4) is 0 Å². The molecule has 0 unspecified atom stereocenters. The van der Waals surface area contributed by atoms with E-state index in [4.69, 9.17) is 5.73 Å². The summed E-state index contributed by atoms with van der Waals surface area (Å²) in [4.78, 5) is 4.34. The summed E-state index contributed by atoms with van der Waals surface area (Å²) in [5.74, 6) is 0.843. The van der Waals surface area contributed by atoms with E-state index in [-0.39, 0.29) is 5.82 Å². The van der Waals surface area contributed by atoms with E-state index in [1.807, 2.05) is 12.3 Å². The molecule has 0 aliphatic carbocycles. The highest BCUT2D eigenvalue weighted by Gasteiger charge is 2.14. The fourth-order valence-electron chi connectivity index (χ4n) is 1.89. The Hall–Kier alpha value is -2.54. The zero-order chi connectivity index (χ0) is 13.9. The van der Waals surface area contributed by atoms with Crippen molar-refractivity contribution < 1.29 is 4.39 Å². The first-order chi connectivity index (χ1) is 9.72. The van der Waals surface area contributed by atoms with Gasteiger partial charge in [0.1, 0.15) is 18.2 Å². The van der Waals surface area contributed by atoms with Crippen molar-refractivity contribution in [2.24, 2.45) is 5.73 Å². The predicted molar refractivity (Wildman–Crippen MR) is 70.1 cm³/mol. The molecule has 2 heterocycles. The first kappa shape index (κ1) is 12.5. The van der Waals surface area contributed by atoms with Crippen molar-refractivity contribution in [3.8, 4) is 0 Å². The van der Waals surface area contributed by atoms with Crippen molar-refractivity contribution in [3.05, 3.63) is 65.8 Å². The molecule has 1 aromatic carbocycles. The van der Waals surface area contributed by atoms with Crippen molar-refractivity contribution in [2.45, 2.75) is 12.6 Å². The first-order valence-electron chi connectivity index (χ1n) is 6.12. The SMILES string of the molecule is N[C@H](c1ccc(F)cc1)c1n[nH]c(Cn2cccn2)n1. The van der Waals surface area contributed by atoms with Gasteiger partial charge in [-0.15, -0.1) is 0 Å². The third-order valence-electron chi connectivity index (χ3n) is 2.93. The van der Waals surface area contributed by atoms with E-state index in [1.165, 1.54) is 12.1 Å². The highest BCUT2D eigenvalue weighted by atomic mass is 19.1. The van der Waals surface area contributed by atoms with Crippen molar-refractivity contribution in [1.29, 1.82) is 0 Å². The number of hydrogen-bond donors (Lipinski definition) is 2. The summed E-state index contributed by atoms with van der Waals surface area (Å²) in [6, 6.07) is 7.34. The second-order valence-corrected chi connectivity index (χ2v) is 4.37. The Morgan fingerprint density at radius 3 is 2.80 bits per heavy atom. The zero-order valence-electron chi connectivity index (χ0n) is 10.6. The molecule has 102 valence electrons. The Balaban J connectivity index is 1.77. The van der Waals surface area contributed by atoms with Crippen LogP contribution in [0.25, 0.3) is 0 Å². The van der Waals surface area contributed by atoms with E-state index >= 15 is 0 Å². The van der Waals surface area contributed by atoms with Crippen LogP contribution in [-0.4, -0.2) is 25.0 Å². The minimum atomic E-state index is -0.488. The van der Waals surface area contributed by atoms with Crippen LogP contribution in [0.4, 0.5) is 4.39 Å². The van der Waals surface area contributed by atoms with E-state index < -0.39 is 6.04 Å². The molecule has 0 aliphatic rings. The van der Waals surface area contributed by atoms with Gasteiger partial charge in [0.05, 0.1) is 6.04 Å². The maximum Gasteiger partial charge on any atom is 0.171 e. The van der Waals surface area contributed by atoms with Crippen LogP contribution in [0.1, 0.15) is 23.3 Å². The van der Waals surface area contributed by atoms with Gasteiger partial charge in [-0.25, -0.2) is 9.37 Å². The fourth-order valence-corrected chi connectivity index (χ4v) is 1.89. The van der Waals surface area contributed by atoms with Gasteiger partial charge in [0.2, 0.25) is 0 Å². The van der Waals surface area contributed by atoms with Gasteiger partial charge in [0, 0.05) is 12.4 Å². The van der Waals surface area contributed by atoms with Crippen LogP contribution < -0.4 is 5.73 Å². The minimum absolute atomic E-state index is 0.296. The van der Waals surface area contributed by atoms with Gasteiger partial charge in [0.25, 0.3) is 0 Å². The molecule has 0 spiro atoms. The zero-order valence-corrected chi connectivity index (χ0v) is 10.6. The molecule has 7 heteroatoms. The van der Waals surface area contributed by atoms with Crippen LogP contribution in [-0.2, 0) is 6.54 Å². The number of nitrogens with zero attached hydrogens (tertiary/aromatic N) is 4. The average Bonchev–Trinajstić information content (AvgIpc) is 3.11. The van der Waals surface area contributed by atoms with Gasteiger partial charge in [-0.05, 0) is 23.8 Å². The number of rotatable bonds is 4. The number of halogens is 1. The highest BCUT2D eigenvalue weighted by Crippen LogP contribution is 2.16. The third-order valence-corrected chi connectivity index (χ3v) is 2.93. The predicted octanol–water partition coefficient (Wildman–Crippen LogP) is 1.24. The van der Waals surface area contributed by atoms with E-state index in [1.54, 1.807) is 23.0 Å². The highest BCUT2D eigenvalue weighted by molar-refractivity contribution is 5.24. The van der Waals surface area contributed by atoms with Gasteiger partial charge in [-0.1, -0.05) is 12.1 Å². The maximum atomic E-state index is 12.9. The molecule has 0 saturated heterocycles. The second-order valence-electron chi connectivity index (χ2n) is 4.37. The Kier molecular flexibility index (Phi) is 3.26. The van der Waals surface area contributed by atoms with Crippen LogP contribution in [0.15, 0.2) is 42.7 Å². The van der Waals surface area contributed by atoms with Crippen molar-refractivity contribution in [3.63, 3.8) is 0 Å². The number of nitrogens with one attached hydrogen (secondary N) is 1. The van der Waals surface area contributed by atoms with Gasteiger partial charge in [0.15, 0.2) is 5.82 Å². The molecular formula is C13H13FN6. The molecule has 3 N–H and O–H groups in total. The molecule has 6 nitrogen and oxygen atoms in total. The van der Waals surface area contributed by atoms with E-state index in [9.17, 15) is 4.39 Å². The van der Waals surface area contributed by atoms with Gasteiger partial charge < -0.3 is 5.73 Å². The smallest absolute Gasteiger partial charge is 0.171 e. The number of nitrogens with two attached hydrogens (primary N) is 1. The summed E-state index contributed by atoms with van der Waals surface area (Å²) in [7, 11) is 0. The Labute approximate surface area is 114 Å². The van der Waals surface area contributed by atoms with Gasteiger partial charge in [-0.3, -0.25) is 9.78 Å². The molecule has 0 amide bonds. The summed E-state index contributed by atoms with van der Waals surface area (Å²) >= 11 is 0. The van der Waals surface area contributed by atoms with Gasteiger partial charge >= 0.3 is 0 Å². The van der Waals surface area contributed by atoms with Crippen molar-refractivity contribution in [1.82, 2.24) is 25.0 Å². The molecule has 3 rings (SSSR count). The molecule has 20 heavy (non-hydrogen) atoms. The fraction of sp³-hybridized carbons (Fsp3) is 0.154. The summed E-state index contributed by atoms with van der Waals surface area (Å²) in [6.07, 6.45) is 3.53. The average molecular weight is 272 g/mol. The van der Waals surface area contributed by atoms with Crippen LogP contribution >= 0.6 is 0 Å². The van der Waals surface area contributed by atoms with Crippen LogP contribution in [0, 0.1) is 5.82 Å². The monoisotopic (exact) mass is 272 g/mol. The first-order valence-corrected chi connectivity index (χ1v) is 6.12. The van der Waals surface area contributed by atoms with Crippen LogP contribution in [0.2, 0.25) is 0 Å². The Bertz CT molecular complexity index is 673. The Morgan fingerprint density at radius 1 is 1.30 bits per heavy atom. The normalized spacial score (nSPS) is 12.5. The van der Waals surface area contributed by atoms with Crippen molar-refractivity contribution in [2.75, 3.05) is 0 Å². The molecule has 2 aromatic heterocycles. The Morgan fingerprint density at radius 2 is 2.10 bits per heavy atom. The lowest BCUT2D eigenvalue weighted by molar-refractivity contribution is 0.626. The number of H-pyrrole nitrogens is 1. The van der Waals surface area contributed by atoms with Gasteiger partial charge in [-0.2, -0.15) is 10.2 Å². The lowest BCUT2D eigenvalue weighted by atomic mass is 10.1. The lowest BCUT2D eigenvalue weighted by Gasteiger charge is -2.07. The molecular weight excluding hydrogens is 259 g/mol. The van der Waals surface area contributed by atoms with E-state index in [0.717, 1.165) is 5.56 Å². The van der Waals surface area contributed by atoms with Crippen LogP contribution in [0.5, 0.6) is 0 Å². The number of hydrogen-bond acceptors (Lipinski definition) is 4. The van der Waals surface area contributed by atoms with E-state index in [2.05, 4.69) is 20.3 Å². The quantitative estimate of drug-likeness (QED) is 0.748. The van der Waals surface area contributed by atoms with Crippen molar-refractivity contribution >= 4 is 0 Å². The number of benzene rings is 1.